The molecule has 0 unspecified atom stereocenters. The Morgan fingerprint density at radius 1 is 1.32 bits per heavy atom. The summed E-state index contributed by atoms with van der Waals surface area (Å²) in [5, 5.41) is 0. The number of pyridine rings is 1. The van der Waals surface area contributed by atoms with Crippen LogP contribution in [0.15, 0.2) is 42.6 Å². The summed E-state index contributed by atoms with van der Waals surface area (Å²) in [5.74, 6) is -0.533. The second kappa shape index (κ2) is 5.39. The first-order chi connectivity index (χ1) is 9.08. The lowest BCUT2D eigenvalue weighted by atomic mass is 10.1. The van der Waals surface area contributed by atoms with Crippen LogP contribution in [0.1, 0.15) is 16.1 Å². The molecule has 98 valence electrons. The standard InChI is InChI=1S/C14H16N4O/c1-18(9-10-4-2-3-5-12(10)15)11-6-7-17-13(8-11)14(16)19/h2-8H,9,15H2,1H3,(H2,16,19). The predicted octanol–water partition coefficient (Wildman–Crippen LogP) is 1.40. The van der Waals surface area contributed by atoms with Crippen LogP contribution in [0.3, 0.4) is 0 Å². The third-order valence-electron chi connectivity index (χ3n) is 2.90. The molecule has 0 aliphatic rings. The quantitative estimate of drug-likeness (QED) is 0.810. The molecule has 0 aliphatic carbocycles. The van der Waals surface area contributed by atoms with E-state index in [1.165, 1.54) is 0 Å². The molecule has 0 fully saturated rings. The van der Waals surface area contributed by atoms with Gasteiger partial charge in [-0.05, 0) is 23.8 Å². The highest BCUT2D eigenvalue weighted by atomic mass is 16.1. The normalized spacial score (nSPS) is 10.2. The van der Waals surface area contributed by atoms with Crippen molar-refractivity contribution in [2.45, 2.75) is 6.54 Å². The van der Waals surface area contributed by atoms with Crippen molar-refractivity contribution in [1.82, 2.24) is 4.98 Å². The van der Waals surface area contributed by atoms with Gasteiger partial charge in [-0.3, -0.25) is 9.78 Å². The smallest absolute Gasteiger partial charge is 0.267 e. The summed E-state index contributed by atoms with van der Waals surface area (Å²) in [5.41, 5.74) is 14.0. The van der Waals surface area contributed by atoms with E-state index in [0.29, 0.717) is 6.54 Å². The Labute approximate surface area is 111 Å². The van der Waals surface area contributed by atoms with E-state index in [-0.39, 0.29) is 5.69 Å². The maximum absolute atomic E-state index is 11.1. The first-order valence-corrected chi connectivity index (χ1v) is 5.88. The highest BCUT2D eigenvalue weighted by Gasteiger charge is 2.08. The van der Waals surface area contributed by atoms with Gasteiger partial charge < -0.3 is 16.4 Å². The van der Waals surface area contributed by atoms with Crippen molar-refractivity contribution in [3.63, 3.8) is 0 Å². The molecule has 2 aromatic rings. The lowest BCUT2D eigenvalue weighted by molar-refractivity contribution is 0.0995. The minimum Gasteiger partial charge on any atom is -0.398 e. The predicted molar refractivity (Wildman–Crippen MR) is 75.7 cm³/mol. The number of anilines is 2. The average molecular weight is 256 g/mol. The monoisotopic (exact) mass is 256 g/mol. The van der Waals surface area contributed by atoms with Gasteiger partial charge in [-0.15, -0.1) is 0 Å². The number of benzene rings is 1. The number of hydrogen-bond acceptors (Lipinski definition) is 4. The Hall–Kier alpha value is -2.56. The van der Waals surface area contributed by atoms with Gasteiger partial charge in [0.15, 0.2) is 0 Å². The zero-order valence-corrected chi connectivity index (χ0v) is 10.7. The van der Waals surface area contributed by atoms with Crippen molar-refractivity contribution in [3.05, 3.63) is 53.9 Å². The van der Waals surface area contributed by atoms with Crippen molar-refractivity contribution in [2.75, 3.05) is 17.7 Å². The topological polar surface area (TPSA) is 85.2 Å². The summed E-state index contributed by atoms with van der Waals surface area (Å²) in [4.78, 5) is 17.0. The largest absolute Gasteiger partial charge is 0.398 e. The fraction of sp³-hybridized carbons (Fsp3) is 0.143. The van der Waals surface area contributed by atoms with Crippen LogP contribution < -0.4 is 16.4 Å². The molecule has 1 aromatic heterocycles. The molecule has 5 heteroatoms. The zero-order chi connectivity index (χ0) is 13.8. The van der Waals surface area contributed by atoms with Gasteiger partial charge in [-0.1, -0.05) is 18.2 Å². The van der Waals surface area contributed by atoms with Crippen LogP contribution in [-0.4, -0.2) is 17.9 Å². The maximum atomic E-state index is 11.1. The fourth-order valence-electron chi connectivity index (χ4n) is 1.82. The minimum absolute atomic E-state index is 0.255. The van der Waals surface area contributed by atoms with E-state index in [1.54, 1.807) is 12.3 Å². The summed E-state index contributed by atoms with van der Waals surface area (Å²) in [7, 11) is 1.92. The molecule has 0 saturated carbocycles. The summed E-state index contributed by atoms with van der Waals surface area (Å²) in [6, 6.07) is 11.2. The zero-order valence-electron chi connectivity index (χ0n) is 10.7. The van der Waals surface area contributed by atoms with E-state index < -0.39 is 5.91 Å². The van der Waals surface area contributed by atoms with E-state index >= 15 is 0 Å². The Kier molecular flexibility index (Phi) is 3.66. The van der Waals surface area contributed by atoms with Gasteiger partial charge in [0, 0.05) is 31.2 Å². The molecule has 0 saturated heterocycles. The highest BCUT2D eigenvalue weighted by Crippen LogP contribution is 2.18. The van der Waals surface area contributed by atoms with Crippen LogP contribution in [0.2, 0.25) is 0 Å². The molecule has 1 aromatic carbocycles. The lowest BCUT2D eigenvalue weighted by Gasteiger charge is -2.20. The maximum Gasteiger partial charge on any atom is 0.267 e. The first kappa shape index (κ1) is 12.9. The molecule has 0 atom stereocenters. The van der Waals surface area contributed by atoms with Crippen molar-refractivity contribution >= 4 is 17.3 Å². The van der Waals surface area contributed by atoms with Gasteiger partial charge in [0.1, 0.15) is 5.69 Å². The minimum atomic E-state index is -0.533. The van der Waals surface area contributed by atoms with Gasteiger partial charge in [0.25, 0.3) is 5.91 Å². The average Bonchev–Trinajstić information content (AvgIpc) is 2.41. The molecular formula is C14H16N4O. The first-order valence-electron chi connectivity index (χ1n) is 5.88. The summed E-state index contributed by atoms with van der Waals surface area (Å²) >= 11 is 0. The fourth-order valence-corrected chi connectivity index (χ4v) is 1.82. The van der Waals surface area contributed by atoms with Crippen LogP contribution in [-0.2, 0) is 6.54 Å². The molecule has 1 amide bonds. The third-order valence-corrected chi connectivity index (χ3v) is 2.90. The molecular weight excluding hydrogens is 240 g/mol. The van der Waals surface area contributed by atoms with Gasteiger partial charge in [0.05, 0.1) is 0 Å². The molecule has 0 spiro atoms. The number of aromatic nitrogens is 1. The van der Waals surface area contributed by atoms with E-state index in [0.717, 1.165) is 16.9 Å². The SMILES string of the molecule is CN(Cc1ccccc1N)c1ccnc(C(N)=O)c1. The van der Waals surface area contributed by atoms with E-state index in [2.05, 4.69) is 4.98 Å². The number of nitrogens with two attached hydrogens (primary N) is 2. The second-order valence-electron chi connectivity index (χ2n) is 4.32. The van der Waals surface area contributed by atoms with Gasteiger partial charge >= 0.3 is 0 Å². The summed E-state index contributed by atoms with van der Waals surface area (Å²) in [6.07, 6.45) is 1.57. The van der Waals surface area contributed by atoms with Crippen LogP contribution in [0, 0.1) is 0 Å². The number of rotatable bonds is 4. The highest BCUT2D eigenvalue weighted by molar-refractivity contribution is 5.91. The van der Waals surface area contributed by atoms with Crippen molar-refractivity contribution in [1.29, 1.82) is 0 Å². The number of nitrogens with zero attached hydrogens (tertiary/aromatic N) is 2. The number of amides is 1. The van der Waals surface area contributed by atoms with Gasteiger partial charge in [-0.2, -0.15) is 0 Å². The van der Waals surface area contributed by atoms with Crippen molar-refractivity contribution in [2.24, 2.45) is 5.73 Å². The van der Waals surface area contributed by atoms with Crippen LogP contribution in [0.4, 0.5) is 11.4 Å². The second-order valence-corrected chi connectivity index (χ2v) is 4.32. The molecule has 5 nitrogen and oxygen atoms in total. The number of primary amides is 1. The molecule has 2 rings (SSSR count). The summed E-state index contributed by atoms with van der Waals surface area (Å²) < 4.78 is 0. The van der Waals surface area contributed by atoms with Crippen LogP contribution in [0.5, 0.6) is 0 Å². The molecule has 1 heterocycles. The van der Waals surface area contributed by atoms with Crippen LogP contribution >= 0.6 is 0 Å². The van der Waals surface area contributed by atoms with Crippen LogP contribution in [0.25, 0.3) is 0 Å². The lowest BCUT2D eigenvalue weighted by Crippen LogP contribution is -2.19. The van der Waals surface area contributed by atoms with Gasteiger partial charge in [-0.25, -0.2) is 0 Å². The number of carbonyl (C=O) groups excluding carboxylic acids is 1. The third kappa shape index (κ3) is 3.01. The van der Waals surface area contributed by atoms with Gasteiger partial charge in [0.2, 0.25) is 0 Å². The van der Waals surface area contributed by atoms with Crippen molar-refractivity contribution < 1.29 is 4.79 Å². The molecule has 0 aliphatic heterocycles. The van der Waals surface area contributed by atoms with Crippen molar-refractivity contribution in [3.8, 4) is 0 Å². The Morgan fingerprint density at radius 3 is 2.74 bits per heavy atom. The Morgan fingerprint density at radius 2 is 2.05 bits per heavy atom. The number of hydrogen-bond donors (Lipinski definition) is 2. The Bertz CT molecular complexity index is 598. The molecule has 0 bridgehead atoms. The molecule has 4 N–H and O–H groups in total. The number of para-hydroxylation sites is 1. The number of carbonyl (C=O) groups is 1. The number of nitrogen functional groups attached to an aromatic ring is 1. The van der Waals surface area contributed by atoms with E-state index in [4.69, 9.17) is 11.5 Å². The Balaban J connectivity index is 2.20. The molecule has 0 radical (unpaired) electrons. The van der Waals surface area contributed by atoms with E-state index in [9.17, 15) is 4.79 Å². The molecule has 19 heavy (non-hydrogen) atoms. The summed E-state index contributed by atoms with van der Waals surface area (Å²) in [6.45, 7) is 0.648. The van der Waals surface area contributed by atoms with E-state index in [1.807, 2.05) is 42.3 Å².